The minimum atomic E-state index is 0.859. The Morgan fingerprint density at radius 1 is 1.18 bits per heavy atom. The minimum Gasteiger partial charge on any atom is -0.399 e. The molecule has 0 aromatic heterocycles. The van der Waals surface area contributed by atoms with Crippen LogP contribution >= 0.6 is 0 Å². The molecule has 1 fully saturated rings. The van der Waals surface area contributed by atoms with Crippen LogP contribution in [0.15, 0.2) is 24.3 Å². The Morgan fingerprint density at radius 2 is 1.82 bits per heavy atom. The molecular weight excluding hydrogens is 208 g/mol. The first-order valence-corrected chi connectivity index (χ1v) is 6.84. The van der Waals surface area contributed by atoms with E-state index in [9.17, 15) is 0 Å². The molecule has 0 atom stereocenters. The van der Waals surface area contributed by atoms with Gasteiger partial charge in [0.15, 0.2) is 0 Å². The minimum absolute atomic E-state index is 0.859. The number of rotatable bonds is 4. The zero-order valence-electron chi connectivity index (χ0n) is 10.9. The standard InChI is InChI=1S/C15H24N2/c1-2-13-7-10-17(11-8-13)12-9-14-3-5-15(16)6-4-14/h3-6,13H,2,7-12,16H2,1H3. The molecule has 1 heterocycles. The Hall–Kier alpha value is -1.02. The van der Waals surface area contributed by atoms with Crippen molar-refractivity contribution < 1.29 is 0 Å². The number of nitrogens with zero attached hydrogens (tertiary/aromatic N) is 1. The van der Waals surface area contributed by atoms with Gasteiger partial charge >= 0.3 is 0 Å². The third kappa shape index (κ3) is 3.74. The maximum absolute atomic E-state index is 5.69. The summed E-state index contributed by atoms with van der Waals surface area (Å²) in [5.74, 6) is 0.975. The predicted octanol–water partition coefficient (Wildman–Crippen LogP) is 2.93. The Bertz CT molecular complexity index is 323. The van der Waals surface area contributed by atoms with E-state index in [0.717, 1.165) is 18.0 Å². The van der Waals surface area contributed by atoms with Crippen LogP contribution in [0, 0.1) is 5.92 Å². The van der Waals surface area contributed by atoms with E-state index in [2.05, 4.69) is 24.0 Å². The number of anilines is 1. The van der Waals surface area contributed by atoms with Gasteiger partial charge in [0.1, 0.15) is 0 Å². The molecule has 0 saturated carbocycles. The summed E-state index contributed by atoms with van der Waals surface area (Å²) in [6.07, 6.45) is 5.28. The first-order valence-electron chi connectivity index (χ1n) is 6.84. The van der Waals surface area contributed by atoms with Gasteiger partial charge in [0.25, 0.3) is 0 Å². The lowest BCUT2D eigenvalue weighted by atomic mass is 9.94. The Kier molecular flexibility index (Phi) is 4.43. The van der Waals surface area contributed by atoms with Crippen LogP contribution in [0.1, 0.15) is 31.7 Å². The first-order chi connectivity index (χ1) is 8.28. The Morgan fingerprint density at radius 3 is 2.41 bits per heavy atom. The van der Waals surface area contributed by atoms with Gasteiger partial charge in [0, 0.05) is 12.2 Å². The van der Waals surface area contributed by atoms with E-state index in [1.165, 1.54) is 44.5 Å². The van der Waals surface area contributed by atoms with Crippen molar-refractivity contribution in [1.29, 1.82) is 0 Å². The number of hydrogen-bond donors (Lipinski definition) is 1. The fourth-order valence-corrected chi connectivity index (χ4v) is 2.59. The summed E-state index contributed by atoms with van der Waals surface area (Å²) in [6, 6.07) is 8.29. The highest BCUT2D eigenvalue weighted by molar-refractivity contribution is 5.39. The number of piperidine rings is 1. The smallest absolute Gasteiger partial charge is 0.0314 e. The molecule has 0 aliphatic carbocycles. The molecule has 0 radical (unpaired) electrons. The van der Waals surface area contributed by atoms with Gasteiger partial charge in [-0.25, -0.2) is 0 Å². The highest BCUT2D eigenvalue weighted by Gasteiger charge is 2.16. The molecule has 2 rings (SSSR count). The van der Waals surface area contributed by atoms with Crippen LogP contribution in [0.3, 0.4) is 0 Å². The first kappa shape index (κ1) is 12.4. The van der Waals surface area contributed by atoms with Crippen molar-refractivity contribution >= 4 is 5.69 Å². The van der Waals surface area contributed by atoms with Crippen LogP contribution < -0.4 is 5.73 Å². The summed E-state index contributed by atoms with van der Waals surface area (Å²) in [6.45, 7) is 6.08. The lowest BCUT2D eigenvalue weighted by Crippen LogP contribution is -2.34. The summed E-state index contributed by atoms with van der Waals surface area (Å²) in [7, 11) is 0. The molecule has 1 saturated heterocycles. The van der Waals surface area contributed by atoms with Crippen LogP contribution in [0.2, 0.25) is 0 Å². The van der Waals surface area contributed by atoms with Crippen molar-refractivity contribution in [3.8, 4) is 0 Å². The van der Waals surface area contributed by atoms with Crippen molar-refractivity contribution in [3.05, 3.63) is 29.8 Å². The second kappa shape index (κ2) is 6.06. The molecule has 2 heteroatoms. The Labute approximate surface area is 105 Å². The van der Waals surface area contributed by atoms with E-state index in [1.54, 1.807) is 0 Å². The van der Waals surface area contributed by atoms with Gasteiger partial charge < -0.3 is 10.6 Å². The van der Waals surface area contributed by atoms with E-state index in [4.69, 9.17) is 5.73 Å². The molecule has 17 heavy (non-hydrogen) atoms. The van der Waals surface area contributed by atoms with Crippen LogP contribution in [0.25, 0.3) is 0 Å². The average molecular weight is 232 g/mol. The molecule has 0 bridgehead atoms. The summed E-state index contributed by atoms with van der Waals surface area (Å²) in [5, 5.41) is 0. The van der Waals surface area contributed by atoms with Crippen molar-refractivity contribution in [1.82, 2.24) is 4.90 Å². The lowest BCUT2D eigenvalue weighted by Gasteiger charge is -2.31. The SMILES string of the molecule is CCC1CCN(CCc2ccc(N)cc2)CC1. The molecule has 0 amide bonds. The molecule has 1 aliphatic rings. The molecule has 2 N–H and O–H groups in total. The van der Waals surface area contributed by atoms with E-state index in [1.807, 2.05) is 12.1 Å². The number of benzene rings is 1. The van der Waals surface area contributed by atoms with Gasteiger partial charge in [-0.15, -0.1) is 0 Å². The van der Waals surface area contributed by atoms with Gasteiger partial charge in [-0.05, 0) is 56.0 Å². The lowest BCUT2D eigenvalue weighted by molar-refractivity contribution is 0.184. The van der Waals surface area contributed by atoms with Crippen molar-refractivity contribution in [2.45, 2.75) is 32.6 Å². The largest absolute Gasteiger partial charge is 0.399 e. The number of hydrogen-bond acceptors (Lipinski definition) is 2. The van der Waals surface area contributed by atoms with Gasteiger partial charge in [-0.3, -0.25) is 0 Å². The highest BCUT2D eigenvalue weighted by atomic mass is 15.1. The fourth-order valence-electron chi connectivity index (χ4n) is 2.59. The molecule has 0 spiro atoms. The van der Waals surface area contributed by atoms with Crippen molar-refractivity contribution in [2.24, 2.45) is 5.92 Å². The topological polar surface area (TPSA) is 29.3 Å². The van der Waals surface area contributed by atoms with Crippen LogP contribution in [-0.4, -0.2) is 24.5 Å². The Balaban J connectivity index is 1.74. The third-order valence-electron chi connectivity index (χ3n) is 3.98. The van der Waals surface area contributed by atoms with Crippen molar-refractivity contribution in [3.63, 3.8) is 0 Å². The third-order valence-corrected chi connectivity index (χ3v) is 3.98. The summed E-state index contributed by atoms with van der Waals surface area (Å²) in [4.78, 5) is 2.60. The summed E-state index contributed by atoms with van der Waals surface area (Å²) < 4.78 is 0. The molecule has 1 aliphatic heterocycles. The fraction of sp³-hybridized carbons (Fsp3) is 0.600. The highest BCUT2D eigenvalue weighted by Crippen LogP contribution is 2.20. The molecule has 94 valence electrons. The van der Waals surface area contributed by atoms with E-state index in [0.29, 0.717) is 0 Å². The molecule has 1 aromatic rings. The maximum atomic E-state index is 5.69. The maximum Gasteiger partial charge on any atom is 0.0314 e. The summed E-state index contributed by atoms with van der Waals surface area (Å²) in [5.41, 5.74) is 7.94. The monoisotopic (exact) mass is 232 g/mol. The van der Waals surface area contributed by atoms with Crippen molar-refractivity contribution in [2.75, 3.05) is 25.4 Å². The molecule has 1 aromatic carbocycles. The van der Waals surface area contributed by atoms with Crippen LogP contribution in [0.4, 0.5) is 5.69 Å². The van der Waals surface area contributed by atoms with Gasteiger partial charge in [0.2, 0.25) is 0 Å². The zero-order chi connectivity index (χ0) is 12.1. The normalized spacial score (nSPS) is 18.4. The quantitative estimate of drug-likeness (QED) is 0.809. The number of nitrogens with two attached hydrogens (primary N) is 1. The molecule has 0 unspecified atom stereocenters. The second-order valence-corrected chi connectivity index (χ2v) is 5.18. The molecular formula is C15H24N2. The number of nitrogen functional groups attached to an aromatic ring is 1. The summed E-state index contributed by atoms with van der Waals surface area (Å²) >= 11 is 0. The van der Waals surface area contributed by atoms with Crippen LogP contribution in [-0.2, 0) is 6.42 Å². The van der Waals surface area contributed by atoms with E-state index in [-0.39, 0.29) is 0 Å². The van der Waals surface area contributed by atoms with E-state index >= 15 is 0 Å². The number of likely N-dealkylation sites (tertiary alicyclic amines) is 1. The second-order valence-electron chi connectivity index (χ2n) is 5.18. The van der Waals surface area contributed by atoms with E-state index < -0.39 is 0 Å². The molecule has 2 nitrogen and oxygen atoms in total. The average Bonchev–Trinajstić information content (AvgIpc) is 2.39. The zero-order valence-corrected chi connectivity index (χ0v) is 10.9. The van der Waals surface area contributed by atoms with Gasteiger partial charge in [0.05, 0.1) is 0 Å². The van der Waals surface area contributed by atoms with Gasteiger partial charge in [-0.1, -0.05) is 25.5 Å². The van der Waals surface area contributed by atoms with Gasteiger partial charge in [-0.2, -0.15) is 0 Å². The van der Waals surface area contributed by atoms with Crippen LogP contribution in [0.5, 0.6) is 0 Å². The predicted molar refractivity (Wildman–Crippen MR) is 74.0 cm³/mol.